The molecule has 98 valence electrons. The normalized spacial score (nSPS) is 11.6. The number of nitrogens with one attached hydrogen (secondary N) is 1. The Balaban J connectivity index is 2.23. The fourth-order valence-electron chi connectivity index (χ4n) is 1.63. The van der Waals surface area contributed by atoms with Crippen LogP contribution in [0.2, 0.25) is 0 Å². The van der Waals surface area contributed by atoms with E-state index in [9.17, 15) is 0 Å². The average molecular weight is 238 g/mol. The van der Waals surface area contributed by atoms with E-state index in [0.29, 0.717) is 12.0 Å². The Morgan fingerprint density at radius 2 is 2.06 bits per heavy atom. The summed E-state index contributed by atoms with van der Waals surface area (Å²) in [5, 5.41) is 3.44. The fourth-order valence-corrected chi connectivity index (χ4v) is 1.63. The molecule has 0 amide bonds. The Hall–Kier alpha value is -0.800. The van der Waals surface area contributed by atoms with Gasteiger partial charge in [-0.1, -0.05) is 13.8 Å². The van der Waals surface area contributed by atoms with Crippen molar-refractivity contribution in [2.45, 2.75) is 46.9 Å². The van der Waals surface area contributed by atoms with E-state index in [0.717, 1.165) is 26.2 Å². The molecule has 1 heterocycles. The SMILES string of the molecule is CC(C)CNCc1ccn(CCOC(C)C)c1. The van der Waals surface area contributed by atoms with Crippen molar-refractivity contribution < 1.29 is 4.74 Å². The minimum Gasteiger partial charge on any atom is -0.377 e. The Bertz CT molecular complexity index is 276. The maximum absolute atomic E-state index is 5.53. The maximum atomic E-state index is 5.53. The van der Waals surface area contributed by atoms with Crippen molar-refractivity contribution in [2.24, 2.45) is 5.92 Å². The lowest BCUT2D eigenvalue weighted by atomic mass is 10.2. The molecule has 1 N–H and O–H groups in total. The van der Waals surface area contributed by atoms with E-state index in [2.05, 4.69) is 56.0 Å². The molecule has 0 atom stereocenters. The lowest BCUT2D eigenvalue weighted by Gasteiger charge is -2.08. The van der Waals surface area contributed by atoms with Crippen LogP contribution in [0.4, 0.5) is 0 Å². The van der Waals surface area contributed by atoms with E-state index in [1.54, 1.807) is 0 Å². The summed E-state index contributed by atoms with van der Waals surface area (Å²) < 4.78 is 7.72. The van der Waals surface area contributed by atoms with E-state index in [1.807, 2.05) is 0 Å². The van der Waals surface area contributed by atoms with Gasteiger partial charge in [0.1, 0.15) is 0 Å². The van der Waals surface area contributed by atoms with Crippen LogP contribution in [0.1, 0.15) is 33.3 Å². The summed E-state index contributed by atoms with van der Waals surface area (Å²) in [6, 6.07) is 2.17. The molecule has 1 rings (SSSR count). The van der Waals surface area contributed by atoms with Crippen LogP contribution >= 0.6 is 0 Å². The van der Waals surface area contributed by atoms with Crippen LogP contribution in [0.3, 0.4) is 0 Å². The highest BCUT2D eigenvalue weighted by atomic mass is 16.5. The summed E-state index contributed by atoms with van der Waals surface area (Å²) in [5.74, 6) is 0.705. The molecular weight excluding hydrogens is 212 g/mol. The van der Waals surface area contributed by atoms with Gasteiger partial charge in [-0.15, -0.1) is 0 Å². The molecule has 0 unspecified atom stereocenters. The van der Waals surface area contributed by atoms with Crippen LogP contribution in [-0.2, 0) is 17.8 Å². The monoisotopic (exact) mass is 238 g/mol. The summed E-state index contributed by atoms with van der Waals surface area (Å²) in [5.41, 5.74) is 1.34. The Labute approximate surface area is 105 Å². The predicted octanol–water partition coefficient (Wildman–Crippen LogP) is 2.66. The molecule has 0 spiro atoms. The maximum Gasteiger partial charge on any atom is 0.0648 e. The first-order valence-electron chi connectivity index (χ1n) is 6.55. The van der Waals surface area contributed by atoms with Gasteiger partial charge in [0, 0.05) is 25.5 Å². The zero-order valence-electron chi connectivity index (χ0n) is 11.6. The first-order valence-corrected chi connectivity index (χ1v) is 6.55. The van der Waals surface area contributed by atoms with Gasteiger partial charge in [-0.2, -0.15) is 0 Å². The Kier molecular flexibility index (Phi) is 6.30. The van der Waals surface area contributed by atoms with Crippen LogP contribution in [0.25, 0.3) is 0 Å². The third-order valence-electron chi connectivity index (χ3n) is 2.49. The van der Waals surface area contributed by atoms with Crippen LogP contribution in [-0.4, -0.2) is 23.8 Å². The van der Waals surface area contributed by atoms with Gasteiger partial charge in [0.2, 0.25) is 0 Å². The highest BCUT2D eigenvalue weighted by molar-refractivity contribution is 5.09. The number of nitrogens with zero attached hydrogens (tertiary/aromatic N) is 1. The van der Waals surface area contributed by atoms with Crippen molar-refractivity contribution in [2.75, 3.05) is 13.2 Å². The first-order chi connectivity index (χ1) is 8.08. The third kappa shape index (κ3) is 6.49. The van der Waals surface area contributed by atoms with Crippen molar-refractivity contribution >= 4 is 0 Å². The summed E-state index contributed by atoms with van der Waals surface area (Å²) in [4.78, 5) is 0. The Morgan fingerprint density at radius 1 is 1.29 bits per heavy atom. The number of aromatic nitrogens is 1. The van der Waals surface area contributed by atoms with Gasteiger partial charge in [0.25, 0.3) is 0 Å². The molecule has 0 aliphatic heterocycles. The van der Waals surface area contributed by atoms with Crippen LogP contribution in [0, 0.1) is 5.92 Å². The topological polar surface area (TPSA) is 26.2 Å². The standard InChI is InChI=1S/C14H26N2O/c1-12(2)9-15-10-14-5-6-16(11-14)7-8-17-13(3)4/h5-6,11-13,15H,7-10H2,1-4H3. The summed E-state index contributed by atoms with van der Waals surface area (Å²) in [7, 11) is 0. The number of hydrogen-bond acceptors (Lipinski definition) is 2. The summed E-state index contributed by atoms with van der Waals surface area (Å²) in [6.45, 7) is 12.3. The van der Waals surface area contributed by atoms with Gasteiger partial charge in [-0.25, -0.2) is 0 Å². The van der Waals surface area contributed by atoms with Crippen molar-refractivity contribution in [1.82, 2.24) is 9.88 Å². The van der Waals surface area contributed by atoms with Crippen molar-refractivity contribution in [3.8, 4) is 0 Å². The number of hydrogen-bond donors (Lipinski definition) is 1. The lowest BCUT2D eigenvalue weighted by Crippen LogP contribution is -2.18. The molecule has 0 aliphatic carbocycles. The van der Waals surface area contributed by atoms with Crippen molar-refractivity contribution in [3.63, 3.8) is 0 Å². The number of ether oxygens (including phenoxy) is 1. The smallest absolute Gasteiger partial charge is 0.0648 e. The second kappa shape index (κ2) is 7.51. The van der Waals surface area contributed by atoms with Gasteiger partial charge in [0.15, 0.2) is 0 Å². The van der Waals surface area contributed by atoms with Crippen molar-refractivity contribution in [1.29, 1.82) is 0 Å². The van der Waals surface area contributed by atoms with Gasteiger partial charge in [-0.05, 0) is 37.9 Å². The van der Waals surface area contributed by atoms with E-state index in [1.165, 1.54) is 5.56 Å². The van der Waals surface area contributed by atoms with Gasteiger partial charge < -0.3 is 14.6 Å². The van der Waals surface area contributed by atoms with E-state index < -0.39 is 0 Å². The molecule has 0 aromatic carbocycles. The molecule has 0 bridgehead atoms. The van der Waals surface area contributed by atoms with Crippen LogP contribution in [0.15, 0.2) is 18.5 Å². The molecule has 3 heteroatoms. The van der Waals surface area contributed by atoms with Gasteiger partial charge in [-0.3, -0.25) is 0 Å². The second-order valence-corrected chi connectivity index (χ2v) is 5.20. The van der Waals surface area contributed by atoms with Gasteiger partial charge >= 0.3 is 0 Å². The second-order valence-electron chi connectivity index (χ2n) is 5.20. The molecule has 0 fully saturated rings. The van der Waals surface area contributed by atoms with Crippen molar-refractivity contribution in [3.05, 3.63) is 24.0 Å². The van der Waals surface area contributed by atoms with E-state index in [4.69, 9.17) is 4.74 Å². The highest BCUT2D eigenvalue weighted by Gasteiger charge is 1.99. The zero-order chi connectivity index (χ0) is 12.7. The van der Waals surface area contributed by atoms with E-state index in [-0.39, 0.29) is 0 Å². The molecule has 3 nitrogen and oxygen atoms in total. The molecule has 1 aromatic heterocycles. The summed E-state index contributed by atoms with van der Waals surface area (Å²) >= 11 is 0. The molecular formula is C14H26N2O. The molecule has 0 radical (unpaired) electrons. The number of rotatable bonds is 8. The van der Waals surface area contributed by atoms with Crippen LogP contribution in [0.5, 0.6) is 0 Å². The molecule has 1 aromatic rings. The highest BCUT2D eigenvalue weighted by Crippen LogP contribution is 2.02. The summed E-state index contributed by atoms with van der Waals surface area (Å²) in [6.07, 6.45) is 4.63. The van der Waals surface area contributed by atoms with Gasteiger partial charge in [0.05, 0.1) is 12.7 Å². The zero-order valence-corrected chi connectivity index (χ0v) is 11.6. The minimum atomic E-state index is 0.317. The quantitative estimate of drug-likeness (QED) is 0.753. The molecule has 0 saturated carbocycles. The fraction of sp³-hybridized carbons (Fsp3) is 0.714. The molecule has 17 heavy (non-hydrogen) atoms. The average Bonchev–Trinajstić information content (AvgIpc) is 2.65. The molecule has 0 aliphatic rings. The molecule has 0 saturated heterocycles. The van der Waals surface area contributed by atoms with Crippen LogP contribution < -0.4 is 5.32 Å². The largest absolute Gasteiger partial charge is 0.377 e. The van der Waals surface area contributed by atoms with E-state index >= 15 is 0 Å². The third-order valence-corrected chi connectivity index (χ3v) is 2.49. The lowest BCUT2D eigenvalue weighted by molar-refractivity contribution is 0.0728. The predicted molar refractivity (Wildman–Crippen MR) is 72.1 cm³/mol. The first kappa shape index (κ1) is 14.3. The Morgan fingerprint density at radius 3 is 2.71 bits per heavy atom. The minimum absolute atomic E-state index is 0.317.